The van der Waals surface area contributed by atoms with Gasteiger partial charge in [-0.15, -0.1) is 0 Å². The lowest BCUT2D eigenvalue weighted by atomic mass is 9.65. The Morgan fingerprint density at radius 3 is 1.16 bits per heavy atom. The number of ether oxygens (including phenoxy) is 4. The maximum absolute atomic E-state index is 13.0. The molecule has 5 rings (SSSR count). The van der Waals surface area contributed by atoms with E-state index in [9.17, 15) is 9.59 Å². The fourth-order valence-electron chi connectivity index (χ4n) is 6.45. The lowest BCUT2D eigenvalue weighted by Crippen LogP contribution is -2.53. The van der Waals surface area contributed by atoms with Gasteiger partial charge in [-0.25, -0.2) is 9.59 Å². The Morgan fingerprint density at radius 2 is 0.818 bits per heavy atom. The molecule has 3 fully saturated rings. The zero-order chi connectivity index (χ0) is 31.1. The van der Waals surface area contributed by atoms with Gasteiger partial charge in [0.1, 0.15) is 22.7 Å². The SMILES string of the molecule is CCCCCCCCOc1ccc(C(=O)OC23CCC(OC(=O)c4ccc(OCCCCCCCC)cc4)(CC2)CC3)cc1. The van der Waals surface area contributed by atoms with Crippen LogP contribution in [0, 0.1) is 0 Å². The highest BCUT2D eigenvalue weighted by Gasteiger charge is 2.53. The van der Waals surface area contributed by atoms with Crippen molar-refractivity contribution >= 4 is 11.9 Å². The average molecular weight is 607 g/mol. The minimum Gasteiger partial charge on any atom is -0.494 e. The van der Waals surface area contributed by atoms with Gasteiger partial charge >= 0.3 is 11.9 Å². The Hall–Kier alpha value is -3.02. The van der Waals surface area contributed by atoms with E-state index >= 15 is 0 Å². The lowest BCUT2D eigenvalue weighted by molar-refractivity contribution is -0.145. The molecule has 2 aromatic carbocycles. The van der Waals surface area contributed by atoms with Crippen LogP contribution in [0.1, 0.15) is 150 Å². The molecular formula is C38H54O6. The van der Waals surface area contributed by atoms with Crippen molar-refractivity contribution in [2.45, 2.75) is 141 Å². The minimum atomic E-state index is -0.479. The van der Waals surface area contributed by atoms with E-state index < -0.39 is 11.2 Å². The quantitative estimate of drug-likeness (QED) is 0.110. The molecule has 242 valence electrons. The molecule has 0 aromatic heterocycles. The third kappa shape index (κ3) is 10.3. The summed E-state index contributed by atoms with van der Waals surface area (Å²) in [5.74, 6) is 0.978. The van der Waals surface area contributed by atoms with Crippen molar-refractivity contribution in [1.82, 2.24) is 0 Å². The molecule has 0 atom stereocenters. The molecule has 3 aliphatic rings. The molecule has 0 N–H and O–H groups in total. The molecule has 6 nitrogen and oxygen atoms in total. The van der Waals surface area contributed by atoms with Gasteiger partial charge in [0, 0.05) is 0 Å². The highest BCUT2D eigenvalue weighted by molar-refractivity contribution is 5.90. The monoisotopic (exact) mass is 606 g/mol. The van der Waals surface area contributed by atoms with Crippen LogP contribution in [0.5, 0.6) is 11.5 Å². The normalized spacial score (nSPS) is 20.7. The fraction of sp³-hybridized carbons (Fsp3) is 0.632. The van der Waals surface area contributed by atoms with Crippen LogP contribution in [0.4, 0.5) is 0 Å². The summed E-state index contributed by atoms with van der Waals surface area (Å²) in [4.78, 5) is 26.1. The summed E-state index contributed by atoms with van der Waals surface area (Å²) in [6.45, 7) is 5.85. The Morgan fingerprint density at radius 1 is 0.500 bits per heavy atom. The van der Waals surface area contributed by atoms with Gasteiger partial charge in [-0.3, -0.25) is 0 Å². The highest BCUT2D eigenvalue weighted by atomic mass is 16.6. The van der Waals surface area contributed by atoms with Crippen molar-refractivity contribution < 1.29 is 28.5 Å². The predicted molar refractivity (Wildman–Crippen MR) is 175 cm³/mol. The minimum absolute atomic E-state index is 0.294. The molecule has 0 radical (unpaired) electrons. The summed E-state index contributed by atoms with van der Waals surface area (Å²) in [5, 5.41) is 0. The number of esters is 2. The topological polar surface area (TPSA) is 71.1 Å². The van der Waals surface area contributed by atoms with Crippen LogP contribution in [0.15, 0.2) is 48.5 Å². The molecule has 2 aromatic rings. The van der Waals surface area contributed by atoms with E-state index in [2.05, 4.69) is 13.8 Å². The van der Waals surface area contributed by atoms with Crippen LogP contribution in [0.25, 0.3) is 0 Å². The fourth-order valence-corrected chi connectivity index (χ4v) is 6.45. The van der Waals surface area contributed by atoms with Crippen LogP contribution < -0.4 is 9.47 Å². The van der Waals surface area contributed by atoms with Crippen molar-refractivity contribution in [3.63, 3.8) is 0 Å². The first-order valence-electron chi connectivity index (χ1n) is 17.4. The summed E-state index contributed by atoms with van der Waals surface area (Å²) < 4.78 is 23.9. The van der Waals surface area contributed by atoms with Crippen LogP contribution in [-0.2, 0) is 9.47 Å². The highest BCUT2D eigenvalue weighted by Crippen LogP contribution is 2.51. The van der Waals surface area contributed by atoms with Crippen molar-refractivity contribution in [1.29, 1.82) is 0 Å². The molecule has 2 bridgehead atoms. The first kappa shape index (κ1) is 33.9. The first-order valence-corrected chi connectivity index (χ1v) is 17.4. The largest absolute Gasteiger partial charge is 0.494 e. The molecule has 0 amide bonds. The van der Waals surface area contributed by atoms with Gasteiger partial charge in [0.2, 0.25) is 0 Å². The standard InChI is InChI=1S/C38H54O6/c1-3-5-7-9-11-13-29-41-33-19-15-31(16-20-33)35(39)43-37-23-26-38(27-24-37,28-25-37)44-36(40)32-17-21-34(22-18-32)42-30-14-12-10-8-6-4-2/h15-22H,3-14,23-30H2,1-2H3. The van der Waals surface area contributed by atoms with E-state index in [0.717, 1.165) is 24.3 Å². The average Bonchev–Trinajstić information content (AvgIpc) is 3.05. The molecule has 3 saturated carbocycles. The lowest BCUT2D eigenvalue weighted by Gasteiger charge is -2.51. The maximum Gasteiger partial charge on any atom is 0.338 e. The molecule has 3 aliphatic carbocycles. The van der Waals surface area contributed by atoms with E-state index in [1.165, 1.54) is 64.2 Å². The molecule has 44 heavy (non-hydrogen) atoms. The summed E-state index contributed by atoms with van der Waals surface area (Å²) >= 11 is 0. The van der Waals surface area contributed by atoms with E-state index in [-0.39, 0.29) is 11.9 Å². The Balaban J connectivity index is 1.16. The van der Waals surface area contributed by atoms with Crippen LogP contribution in [0.3, 0.4) is 0 Å². The van der Waals surface area contributed by atoms with E-state index in [1.54, 1.807) is 24.3 Å². The number of hydrogen-bond donors (Lipinski definition) is 0. The Labute approximate surface area is 265 Å². The summed E-state index contributed by atoms with van der Waals surface area (Å²) in [7, 11) is 0. The maximum atomic E-state index is 13.0. The molecule has 0 saturated heterocycles. The molecule has 0 aliphatic heterocycles. The zero-order valence-corrected chi connectivity index (χ0v) is 27.2. The van der Waals surface area contributed by atoms with E-state index in [0.29, 0.717) is 62.9 Å². The van der Waals surface area contributed by atoms with Gasteiger partial charge in [-0.1, -0.05) is 78.1 Å². The van der Waals surface area contributed by atoms with Gasteiger partial charge in [0.15, 0.2) is 0 Å². The third-order valence-corrected chi connectivity index (χ3v) is 9.44. The van der Waals surface area contributed by atoms with E-state index in [1.807, 2.05) is 24.3 Å². The van der Waals surface area contributed by atoms with Crippen molar-refractivity contribution in [3.8, 4) is 11.5 Å². The second kappa shape index (κ2) is 17.5. The second-order valence-corrected chi connectivity index (χ2v) is 12.9. The molecule has 0 spiro atoms. The number of rotatable bonds is 20. The van der Waals surface area contributed by atoms with Crippen molar-refractivity contribution in [2.24, 2.45) is 0 Å². The van der Waals surface area contributed by atoms with Crippen LogP contribution in [0.2, 0.25) is 0 Å². The number of benzene rings is 2. The molecule has 0 unspecified atom stereocenters. The smallest absolute Gasteiger partial charge is 0.338 e. The first-order chi connectivity index (χ1) is 21.5. The third-order valence-electron chi connectivity index (χ3n) is 9.44. The second-order valence-electron chi connectivity index (χ2n) is 12.9. The van der Waals surface area contributed by atoms with Gasteiger partial charge in [0.05, 0.1) is 24.3 Å². The van der Waals surface area contributed by atoms with Gasteiger partial charge < -0.3 is 18.9 Å². The number of fused-ring (bicyclic) bond motifs is 3. The molecular weight excluding hydrogens is 552 g/mol. The Bertz CT molecular complexity index is 1020. The van der Waals surface area contributed by atoms with Gasteiger partial charge in [-0.2, -0.15) is 0 Å². The number of hydrogen-bond acceptors (Lipinski definition) is 6. The zero-order valence-electron chi connectivity index (χ0n) is 27.2. The van der Waals surface area contributed by atoms with Crippen LogP contribution in [-0.4, -0.2) is 36.4 Å². The van der Waals surface area contributed by atoms with Crippen molar-refractivity contribution in [3.05, 3.63) is 59.7 Å². The number of unbranched alkanes of at least 4 members (excludes halogenated alkanes) is 10. The van der Waals surface area contributed by atoms with Gasteiger partial charge in [0.25, 0.3) is 0 Å². The summed E-state index contributed by atoms with van der Waals surface area (Å²) in [6.07, 6.45) is 18.9. The van der Waals surface area contributed by atoms with E-state index in [4.69, 9.17) is 18.9 Å². The molecule has 0 heterocycles. The predicted octanol–water partition coefficient (Wildman–Crippen LogP) is 10.0. The van der Waals surface area contributed by atoms with Crippen molar-refractivity contribution in [2.75, 3.05) is 13.2 Å². The Kier molecular flexibility index (Phi) is 13.4. The van der Waals surface area contributed by atoms with Crippen LogP contribution >= 0.6 is 0 Å². The number of carbonyl (C=O) groups is 2. The van der Waals surface area contributed by atoms with Gasteiger partial charge in [-0.05, 0) is 99.9 Å². The molecule has 6 heteroatoms. The number of carbonyl (C=O) groups excluding carboxylic acids is 2. The summed E-state index contributed by atoms with van der Waals surface area (Å²) in [6, 6.07) is 14.6. The summed E-state index contributed by atoms with van der Waals surface area (Å²) in [5.41, 5.74) is 0.124.